The third-order valence-corrected chi connectivity index (χ3v) is 6.98. The van der Waals surface area contributed by atoms with Gasteiger partial charge in [-0.05, 0) is 42.3 Å². The van der Waals surface area contributed by atoms with Gasteiger partial charge in [0, 0.05) is 43.3 Å². The molecule has 2 atom stereocenters. The Morgan fingerprint density at radius 3 is 2.65 bits per heavy atom. The van der Waals surface area contributed by atoms with Gasteiger partial charge in [-0.2, -0.15) is 0 Å². The van der Waals surface area contributed by atoms with Crippen LogP contribution in [0.5, 0.6) is 5.75 Å². The van der Waals surface area contributed by atoms with Crippen LogP contribution in [0, 0.1) is 5.92 Å². The van der Waals surface area contributed by atoms with Crippen LogP contribution in [0.2, 0.25) is 0 Å². The highest BCUT2D eigenvalue weighted by Gasteiger charge is 2.33. The number of urea groups is 1. The number of hydrogen-bond acceptors (Lipinski definition) is 7. The first-order valence-electron chi connectivity index (χ1n) is 12.6. The predicted octanol–water partition coefficient (Wildman–Crippen LogP) is 2.92. The molecule has 1 aromatic heterocycles. The second kappa shape index (κ2) is 10.6. The summed E-state index contributed by atoms with van der Waals surface area (Å²) in [6, 6.07) is 14.4. The average Bonchev–Trinajstić information content (AvgIpc) is 2.92. The first kappa shape index (κ1) is 24.8. The van der Waals surface area contributed by atoms with E-state index in [9.17, 15) is 9.59 Å². The lowest BCUT2D eigenvalue weighted by Gasteiger charge is -2.41. The number of nitrogens with zero attached hydrogens (tertiary/aromatic N) is 4. The number of ether oxygens (including phenoxy) is 1. The van der Waals surface area contributed by atoms with E-state index < -0.39 is 6.04 Å². The highest BCUT2D eigenvalue weighted by molar-refractivity contribution is 5.92. The van der Waals surface area contributed by atoms with Crippen molar-refractivity contribution in [2.45, 2.75) is 32.5 Å². The number of carbonyl (C=O) groups is 2. The molecule has 2 aromatic carbocycles. The van der Waals surface area contributed by atoms with E-state index in [0.717, 1.165) is 16.7 Å². The summed E-state index contributed by atoms with van der Waals surface area (Å²) >= 11 is 0. The van der Waals surface area contributed by atoms with Crippen LogP contribution in [0.25, 0.3) is 10.9 Å². The first-order chi connectivity index (χ1) is 17.9. The maximum absolute atomic E-state index is 13.3. The molecular weight excluding hydrogens is 470 g/mol. The van der Waals surface area contributed by atoms with Gasteiger partial charge in [-0.1, -0.05) is 26.0 Å². The zero-order chi connectivity index (χ0) is 25.9. The number of rotatable bonds is 3. The lowest BCUT2D eigenvalue weighted by atomic mass is 10.0. The molecule has 2 bridgehead atoms. The molecule has 5 rings (SSSR count). The minimum Gasteiger partial charge on any atom is -0.497 e. The number of fused-ring (bicyclic) bond motifs is 5. The molecule has 1 fully saturated rings. The number of aromatic nitrogens is 2. The third-order valence-electron chi connectivity index (χ3n) is 6.98. The van der Waals surface area contributed by atoms with E-state index in [1.54, 1.807) is 12.0 Å². The molecule has 3 aromatic rings. The van der Waals surface area contributed by atoms with E-state index in [2.05, 4.69) is 20.9 Å². The minimum absolute atomic E-state index is 0.0483. The number of piperazine rings is 1. The molecule has 3 amide bonds. The van der Waals surface area contributed by atoms with Gasteiger partial charge in [0.2, 0.25) is 5.91 Å². The van der Waals surface area contributed by atoms with Crippen molar-refractivity contribution in [2.75, 3.05) is 43.9 Å². The Balaban J connectivity index is 1.38. The number of nitrogens with one attached hydrogen (secondary N) is 3. The van der Waals surface area contributed by atoms with Gasteiger partial charge >= 0.3 is 6.03 Å². The Kier molecular flexibility index (Phi) is 7.09. The van der Waals surface area contributed by atoms with Crippen LogP contribution < -0.4 is 20.7 Å². The fourth-order valence-corrected chi connectivity index (χ4v) is 4.85. The Morgan fingerprint density at radius 2 is 1.89 bits per heavy atom. The third kappa shape index (κ3) is 5.43. The monoisotopic (exact) mass is 503 g/mol. The molecule has 194 valence electrons. The molecule has 3 heterocycles. The number of methoxy groups -OCH3 is 1. The lowest BCUT2D eigenvalue weighted by Crippen LogP contribution is -2.59. The highest BCUT2D eigenvalue weighted by Crippen LogP contribution is 2.24. The lowest BCUT2D eigenvalue weighted by molar-refractivity contribution is -0.123. The fourth-order valence-electron chi connectivity index (χ4n) is 4.85. The Labute approximate surface area is 216 Å². The van der Waals surface area contributed by atoms with E-state index in [0.29, 0.717) is 50.1 Å². The van der Waals surface area contributed by atoms with Gasteiger partial charge < -0.3 is 25.6 Å². The zero-order valence-electron chi connectivity index (χ0n) is 21.4. The zero-order valence-corrected chi connectivity index (χ0v) is 21.4. The maximum Gasteiger partial charge on any atom is 0.321 e. The van der Waals surface area contributed by atoms with Crippen molar-refractivity contribution in [1.29, 1.82) is 0 Å². The van der Waals surface area contributed by atoms with E-state index in [1.165, 1.54) is 0 Å². The molecule has 0 aliphatic carbocycles. The van der Waals surface area contributed by atoms with Crippen molar-refractivity contribution in [1.82, 2.24) is 25.1 Å². The summed E-state index contributed by atoms with van der Waals surface area (Å²) in [5.41, 5.74) is 1.54. The SMILES string of the molecule is COc1ccc(NC(=O)N2CCN3Cc4nc(c5ccccc5n4)N[C@@H](C(C)C)C(=O)NCC3C2)cc1. The van der Waals surface area contributed by atoms with Gasteiger partial charge in [0.25, 0.3) is 0 Å². The molecule has 0 radical (unpaired) electrons. The average molecular weight is 504 g/mol. The summed E-state index contributed by atoms with van der Waals surface area (Å²) in [6.45, 7) is 6.65. The summed E-state index contributed by atoms with van der Waals surface area (Å²) in [4.78, 5) is 40.0. The van der Waals surface area contributed by atoms with Crippen LogP contribution >= 0.6 is 0 Å². The highest BCUT2D eigenvalue weighted by atomic mass is 16.5. The van der Waals surface area contributed by atoms with Gasteiger partial charge in [0.1, 0.15) is 23.4 Å². The quantitative estimate of drug-likeness (QED) is 0.504. The van der Waals surface area contributed by atoms with Crippen molar-refractivity contribution in [3.05, 3.63) is 54.4 Å². The smallest absolute Gasteiger partial charge is 0.321 e. The minimum atomic E-state index is -0.448. The summed E-state index contributed by atoms with van der Waals surface area (Å²) in [6.07, 6.45) is 0. The van der Waals surface area contributed by atoms with E-state index in [4.69, 9.17) is 14.7 Å². The second-order valence-electron chi connectivity index (χ2n) is 9.85. The normalized spacial score (nSPS) is 20.4. The van der Waals surface area contributed by atoms with Crippen molar-refractivity contribution in [3.63, 3.8) is 0 Å². The second-order valence-corrected chi connectivity index (χ2v) is 9.85. The molecule has 2 aliphatic rings. The maximum atomic E-state index is 13.3. The number of carbonyl (C=O) groups excluding carboxylic acids is 2. The summed E-state index contributed by atoms with van der Waals surface area (Å²) in [7, 11) is 1.61. The van der Waals surface area contributed by atoms with Gasteiger partial charge in [-0.3, -0.25) is 9.69 Å². The predicted molar refractivity (Wildman–Crippen MR) is 143 cm³/mol. The van der Waals surface area contributed by atoms with E-state index >= 15 is 0 Å². The first-order valence-corrected chi connectivity index (χ1v) is 12.6. The topological polar surface area (TPSA) is 112 Å². The summed E-state index contributed by atoms with van der Waals surface area (Å²) in [5, 5.41) is 10.4. The number of para-hydroxylation sites is 1. The molecule has 0 saturated carbocycles. The molecule has 1 unspecified atom stereocenters. The molecule has 10 nitrogen and oxygen atoms in total. The number of hydrogen-bond donors (Lipinski definition) is 3. The molecular formula is C27H33N7O3. The van der Waals surface area contributed by atoms with Crippen LogP contribution in [0.15, 0.2) is 48.5 Å². The number of amides is 3. The summed E-state index contributed by atoms with van der Waals surface area (Å²) < 4.78 is 5.19. The Hall–Kier alpha value is -3.92. The van der Waals surface area contributed by atoms with Gasteiger partial charge in [-0.25, -0.2) is 14.8 Å². The van der Waals surface area contributed by atoms with Crippen LogP contribution in [-0.4, -0.2) is 77.1 Å². The van der Waals surface area contributed by atoms with Crippen molar-refractivity contribution in [3.8, 4) is 5.75 Å². The Bertz CT molecular complexity index is 1280. The molecule has 3 N–H and O–H groups in total. The molecule has 10 heteroatoms. The van der Waals surface area contributed by atoms with Gasteiger partial charge in [0.15, 0.2) is 0 Å². The van der Waals surface area contributed by atoms with Gasteiger partial charge in [0.05, 0.1) is 19.2 Å². The van der Waals surface area contributed by atoms with Crippen LogP contribution in [-0.2, 0) is 11.3 Å². The van der Waals surface area contributed by atoms with E-state index in [-0.39, 0.29) is 23.9 Å². The summed E-state index contributed by atoms with van der Waals surface area (Å²) in [5.74, 6) is 2.06. The Morgan fingerprint density at radius 1 is 1.11 bits per heavy atom. The molecule has 2 aliphatic heterocycles. The van der Waals surface area contributed by atoms with E-state index in [1.807, 2.05) is 62.4 Å². The van der Waals surface area contributed by atoms with Crippen LogP contribution in [0.3, 0.4) is 0 Å². The fraction of sp³-hybridized carbons (Fsp3) is 0.407. The van der Waals surface area contributed by atoms with Crippen molar-refractivity contribution >= 4 is 34.3 Å². The number of anilines is 2. The molecule has 0 spiro atoms. The van der Waals surface area contributed by atoms with Crippen molar-refractivity contribution in [2.24, 2.45) is 5.92 Å². The molecule has 1 saturated heterocycles. The van der Waals surface area contributed by atoms with Crippen LogP contribution in [0.4, 0.5) is 16.3 Å². The van der Waals surface area contributed by atoms with Crippen LogP contribution in [0.1, 0.15) is 19.7 Å². The molecule has 37 heavy (non-hydrogen) atoms. The standard InChI is InChI=1S/C27H33N7O3/c1-17(2)24-26(35)28-14-19-15-34(27(36)29-18-8-10-20(37-3)11-9-18)13-12-33(19)16-23-30-22-7-5-4-6-21(22)25(31-23)32-24/h4-11,17,19,24H,12-16H2,1-3H3,(H,28,35)(H,29,36)(H,30,31,32)/t19?,24-/m0/s1. The van der Waals surface area contributed by atoms with Crippen molar-refractivity contribution < 1.29 is 14.3 Å². The number of benzene rings is 2. The largest absolute Gasteiger partial charge is 0.497 e. The van der Waals surface area contributed by atoms with Gasteiger partial charge in [-0.15, -0.1) is 0 Å².